The fourth-order valence-corrected chi connectivity index (χ4v) is 9.61. The van der Waals surface area contributed by atoms with Crippen LogP contribution in [-0.4, -0.2) is 105 Å². The van der Waals surface area contributed by atoms with Gasteiger partial charge in [0.2, 0.25) is 0 Å². The van der Waals surface area contributed by atoms with Crippen molar-refractivity contribution >= 4 is 29.6 Å². The summed E-state index contributed by atoms with van der Waals surface area (Å²) in [5, 5.41) is 51.1. The smallest absolute Gasteiger partial charge is 0.407 e. The Kier molecular flexibility index (Phi) is 16.5. The van der Waals surface area contributed by atoms with E-state index in [1.807, 2.05) is 13.2 Å². The maximum Gasteiger partial charge on any atom is 0.407 e. The first-order valence-corrected chi connectivity index (χ1v) is 18.9. The Bertz CT molecular complexity index is 1480. The molecule has 1 heterocycles. The molecular weight excluding hydrogens is 1120 g/mol. The molecule has 5 rings (SSSR count). The van der Waals surface area contributed by atoms with Gasteiger partial charge in [0.1, 0.15) is 17.8 Å². The Hall–Kier alpha value is 0.363. The molecule has 1 aromatic carbocycles. The maximum atomic E-state index is 14.7. The number of carbonyl (C=O) groups is 3. The van der Waals surface area contributed by atoms with Crippen LogP contribution >= 0.6 is 11.8 Å². The summed E-state index contributed by atoms with van der Waals surface area (Å²) in [7, 11) is 0. The SMILES string of the molecule is CCCCOC(=O)NC(c1ccccc1)C(O)C(=O)OC1CC2(O)C(C)C3C4(O)COC4CC(OCSC)[C@@]3(C)C(=O)C(O)C(=C1C)C2(C)C.[Ac].[Ac]. The molecule has 284 valence electrons. The molecular formula is C37H53Ac2NO11S. The molecule has 11 atom stereocenters. The summed E-state index contributed by atoms with van der Waals surface area (Å²) in [6.45, 7) is 10.7. The standard InChI is InChI=1S/C37H53NO11S.2Ac/c1-8-9-15-46-33(43)38-27(22-13-11-10-12-14-22)29(40)32(42)49-23-17-37(45)21(3)30-35(6,31(41)28(39)26(20(23)2)34(37,4)5)24(48-19-50-7)16-25-36(30,44)18-47-25;;/h10-14,21,23-25,27-30,39-40,44-45H,8-9,15-19H2,1-7H3,(H,38,43);;/t21?,23?,24?,25?,27?,28?,29?,30?,35-,36?,37?;;/m1../s1. The number of ether oxygens (including phenoxy) is 4. The summed E-state index contributed by atoms with van der Waals surface area (Å²) >= 11 is 1.44. The minimum Gasteiger partial charge on any atom is -0.456 e. The monoisotopic (exact) mass is 1170 g/mol. The van der Waals surface area contributed by atoms with E-state index in [2.05, 4.69) is 5.32 Å². The molecule has 0 aromatic heterocycles. The molecule has 10 unspecified atom stereocenters. The number of rotatable bonds is 11. The van der Waals surface area contributed by atoms with Gasteiger partial charge in [-0.25, -0.2) is 9.59 Å². The van der Waals surface area contributed by atoms with E-state index < -0.39 is 88.3 Å². The number of fused-ring (bicyclic) bond motifs is 5. The molecule has 0 spiro atoms. The third-order valence-electron chi connectivity index (χ3n) is 12.2. The Morgan fingerprint density at radius 1 is 1.13 bits per heavy atom. The van der Waals surface area contributed by atoms with Crippen LogP contribution in [0.15, 0.2) is 41.5 Å². The topological polar surface area (TPSA) is 181 Å². The largest absolute Gasteiger partial charge is 0.456 e. The van der Waals surface area contributed by atoms with Crippen molar-refractivity contribution in [2.24, 2.45) is 22.7 Å². The maximum absolute atomic E-state index is 14.7. The molecule has 2 bridgehead atoms. The molecule has 12 nitrogen and oxygen atoms in total. The van der Waals surface area contributed by atoms with Crippen LogP contribution in [0.3, 0.4) is 0 Å². The predicted molar refractivity (Wildman–Crippen MR) is 185 cm³/mol. The second-order valence-electron chi connectivity index (χ2n) is 15.1. The van der Waals surface area contributed by atoms with Crippen molar-refractivity contribution in [2.45, 2.75) is 115 Å². The number of aliphatic hydroxyl groups is 4. The number of ketones is 1. The van der Waals surface area contributed by atoms with Crippen molar-refractivity contribution in [2.75, 3.05) is 25.4 Å². The van der Waals surface area contributed by atoms with Gasteiger partial charge in [0.05, 0.1) is 48.4 Å². The summed E-state index contributed by atoms with van der Waals surface area (Å²) in [6, 6.07) is 7.23. The zero-order chi connectivity index (χ0) is 36.8. The van der Waals surface area contributed by atoms with Gasteiger partial charge in [0.25, 0.3) is 0 Å². The summed E-state index contributed by atoms with van der Waals surface area (Å²) < 4.78 is 23.2. The number of esters is 1. The van der Waals surface area contributed by atoms with Crippen molar-refractivity contribution in [3.8, 4) is 0 Å². The van der Waals surface area contributed by atoms with Crippen LogP contribution in [0.25, 0.3) is 0 Å². The fraction of sp³-hybridized carbons (Fsp3) is 0.703. The Morgan fingerprint density at radius 3 is 2.37 bits per heavy atom. The molecule has 1 aromatic rings. The van der Waals surface area contributed by atoms with Gasteiger partial charge in [-0.05, 0) is 49.2 Å². The number of amides is 1. The third kappa shape index (κ3) is 8.06. The van der Waals surface area contributed by atoms with Crippen LogP contribution in [0.5, 0.6) is 0 Å². The molecule has 2 saturated carbocycles. The molecule has 1 amide bonds. The number of hydrogen-bond acceptors (Lipinski definition) is 12. The molecule has 52 heavy (non-hydrogen) atoms. The molecule has 5 N–H and O–H groups in total. The van der Waals surface area contributed by atoms with Gasteiger partial charge in [0.15, 0.2) is 11.9 Å². The van der Waals surface area contributed by atoms with Gasteiger partial charge in [-0.15, -0.1) is 11.8 Å². The molecule has 15 heteroatoms. The predicted octanol–water partition coefficient (Wildman–Crippen LogP) is 3.45. The van der Waals surface area contributed by atoms with Crippen molar-refractivity contribution in [3.63, 3.8) is 0 Å². The molecule has 4 aliphatic rings. The number of carbonyl (C=O) groups excluding carboxylic acids is 3. The first kappa shape index (κ1) is 46.7. The van der Waals surface area contributed by atoms with Crippen LogP contribution in [0.2, 0.25) is 0 Å². The van der Waals surface area contributed by atoms with Crippen molar-refractivity contribution < 1.29 is 142 Å². The summed E-state index contributed by atoms with van der Waals surface area (Å²) in [4.78, 5) is 41.1. The summed E-state index contributed by atoms with van der Waals surface area (Å²) in [5.41, 5.74) is -4.81. The van der Waals surface area contributed by atoms with Crippen LogP contribution in [0, 0.1) is 111 Å². The molecule has 1 saturated heterocycles. The fourth-order valence-electron chi connectivity index (χ4n) is 9.31. The van der Waals surface area contributed by atoms with Gasteiger partial charge in [0, 0.05) is 112 Å². The van der Waals surface area contributed by atoms with Crippen LogP contribution < -0.4 is 5.32 Å². The number of hydrogen-bond donors (Lipinski definition) is 5. The first-order valence-electron chi connectivity index (χ1n) is 17.5. The summed E-state index contributed by atoms with van der Waals surface area (Å²) in [5.74, 6) is -3.04. The average Bonchev–Trinajstić information content (AvgIpc) is 3.07. The zero-order valence-electron chi connectivity index (χ0n) is 31.2. The van der Waals surface area contributed by atoms with E-state index in [-0.39, 0.29) is 126 Å². The summed E-state index contributed by atoms with van der Waals surface area (Å²) in [6.07, 6.45) is -3.49. The molecule has 3 aliphatic carbocycles. The number of unbranched alkanes of at least 4 members (excludes halogenated alkanes) is 1. The van der Waals surface area contributed by atoms with Crippen LogP contribution in [-0.2, 0) is 28.5 Å². The number of thioether (sulfide) groups is 1. The van der Waals surface area contributed by atoms with Gasteiger partial charge in [-0.1, -0.05) is 64.4 Å². The van der Waals surface area contributed by atoms with Gasteiger partial charge in [-0.2, -0.15) is 0 Å². The molecule has 2 radical (unpaired) electrons. The second-order valence-corrected chi connectivity index (χ2v) is 16.0. The van der Waals surface area contributed by atoms with Crippen molar-refractivity contribution in [1.29, 1.82) is 0 Å². The van der Waals surface area contributed by atoms with Gasteiger partial charge < -0.3 is 44.7 Å². The average molecular weight is 1170 g/mol. The van der Waals surface area contributed by atoms with E-state index in [1.54, 1.807) is 65.0 Å². The van der Waals surface area contributed by atoms with Crippen molar-refractivity contribution in [1.82, 2.24) is 5.32 Å². The van der Waals surface area contributed by atoms with E-state index in [4.69, 9.17) is 18.9 Å². The quantitative estimate of drug-likeness (QED) is 0.0945. The van der Waals surface area contributed by atoms with E-state index in [0.717, 1.165) is 6.42 Å². The van der Waals surface area contributed by atoms with Gasteiger partial charge in [-0.3, -0.25) is 4.79 Å². The Labute approximate surface area is 382 Å². The number of aliphatic hydroxyl groups excluding tert-OH is 2. The Balaban J connectivity index is 0.00000364. The van der Waals surface area contributed by atoms with Gasteiger partial charge >= 0.3 is 12.1 Å². The Morgan fingerprint density at radius 2 is 1.79 bits per heavy atom. The number of nitrogens with one attached hydrogen (secondary N) is 1. The van der Waals surface area contributed by atoms with Crippen LogP contribution in [0.1, 0.15) is 78.8 Å². The van der Waals surface area contributed by atoms with E-state index in [1.165, 1.54) is 11.8 Å². The van der Waals surface area contributed by atoms with Crippen molar-refractivity contribution in [3.05, 3.63) is 47.0 Å². The van der Waals surface area contributed by atoms with E-state index >= 15 is 0 Å². The third-order valence-corrected chi connectivity index (χ3v) is 12.6. The second kappa shape index (κ2) is 18.3. The zero-order valence-corrected chi connectivity index (χ0v) is 41.5. The molecule has 1 aliphatic heterocycles. The minimum absolute atomic E-state index is 0. The normalized spacial score (nSPS) is 35.8. The number of Topliss-reactive ketones (excluding diaryl/α,β-unsaturated/α-hetero) is 1. The van der Waals surface area contributed by atoms with Crippen LogP contribution in [0.4, 0.5) is 4.79 Å². The number of alkyl carbamates (subject to hydrolysis) is 1. The molecule has 3 fully saturated rings. The minimum atomic E-state index is -1.88. The number of benzene rings is 1. The van der Waals surface area contributed by atoms with E-state index in [0.29, 0.717) is 17.6 Å². The van der Waals surface area contributed by atoms with E-state index in [9.17, 15) is 34.8 Å². The first-order chi connectivity index (χ1) is 23.5.